The summed E-state index contributed by atoms with van der Waals surface area (Å²) >= 11 is 12.0. The van der Waals surface area contributed by atoms with Crippen LogP contribution in [0.25, 0.3) is 10.9 Å². The van der Waals surface area contributed by atoms with Gasteiger partial charge in [-0.25, -0.2) is 9.78 Å². The molecule has 0 unspecified atom stereocenters. The summed E-state index contributed by atoms with van der Waals surface area (Å²) in [7, 11) is 0. The summed E-state index contributed by atoms with van der Waals surface area (Å²) < 4.78 is -0.542. The van der Waals surface area contributed by atoms with Gasteiger partial charge in [0.1, 0.15) is 0 Å². The van der Waals surface area contributed by atoms with Gasteiger partial charge >= 0.3 is 5.97 Å². The van der Waals surface area contributed by atoms with Crippen molar-refractivity contribution in [3.05, 3.63) is 40.4 Å². The van der Waals surface area contributed by atoms with Crippen LogP contribution in [0.15, 0.2) is 29.1 Å². The third kappa shape index (κ3) is 2.86. The Morgan fingerprint density at radius 3 is 2.65 bits per heavy atom. The van der Waals surface area contributed by atoms with Gasteiger partial charge in [-0.1, -0.05) is 35.3 Å². The van der Waals surface area contributed by atoms with Crippen molar-refractivity contribution < 1.29 is 9.63 Å². The average molecular weight is 316 g/mol. The first-order valence-corrected chi connectivity index (χ1v) is 6.40. The molecule has 6 nitrogen and oxygen atoms in total. The molecule has 1 aromatic heterocycles. The van der Waals surface area contributed by atoms with Crippen molar-refractivity contribution in [2.24, 2.45) is 0 Å². The minimum Gasteiger partial charge on any atom is -0.328 e. The molecule has 0 fully saturated rings. The predicted octanol–water partition coefficient (Wildman–Crippen LogP) is 2.07. The Kier molecular flexibility index (Phi) is 3.87. The largest absolute Gasteiger partial charge is 0.331 e. The number of para-hydroxylation sites is 1. The minimum atomic E-state index is -1.45. The normalized spacial score (nSPS) is 11.4. The molecule has 20 heavy (non-hydrogen) atoms. The summed E-state index contributed by atoms with van der Waals surface area (Å²) in [4.78, 5) is 32.1. The van der Waals surface area contributed by atoms with Crippen LogP contribution in [0.2, 0.25) is 0 Å². The maximum atomic E-state index is 12.4. The minimum absolute atomic E-state index is 0.0192. The monoisotopic (exact) mass is 315 g/mol. The van der Waals surface area contributed by atoms with Crippen molar-refractivity contribution >= 4 is 40.1 Å². The Morgan fingerprint density at radius 1 is 1.40 bits per heavy atom. The highest BCUT2D eigenvalue weighted by Crippen LogP contribution is 2.31. The van der Waals surface area contributed by atoms with Crippen molar-refractivity contribution in [3.8, 4) is 0 Å². The van der Waals surface area contributed by atoms with Crippen molar-refractivity contribution in [1.29, 1.82) is 0 Å². The van der Waals surface area contributed by atoms with Gasteiger partial charge < -0.3 is 4.84 Å². The first kappa shape index (κ1) is 14.6. The SMILES string of the molecule is CC(=O)ONn1c(C(C)(Cl)Cl)nc2ccccc2c1=O. The Hall–Kier alpha value is -1.79. The van der Waals surface area contributed by atoms with E-state index < -0.39 is 15.9 Å². The van der Waals surface area contributed by atoms with Gasteiger partial charge in [-0.3, -0.25) is 4.79 Å². The van der Waals surface area contributed by atoms with Crippen molar-refractivity contribution in [3.63, 3.8) is 0 Å². The van der Waals surface area contributed by atoms with E-state index >= 15 is 0 Å². The quantitative estimate of drug-likeness (QED) is 0.693. The second-order valence-corrected chi connectivity index (χ2v) is 5.87. The van der Waals surface area contributed by atoms with Crippen LogP contribution in [-0.4, -0.2) is 15.6 Å². The maximum Gasteiger partial charge on any atom is 0.331 e. The molecule has 2 aromatic rings. The van der Waals surface area contributed by atoms with E-state index in [1.165, 1.54) is 13.8 Å². The smallest absolute Gasteiger partial charge is 0.328 e. The van der Waals surface area contributed by atoms with E-state index in [1.54, 1.807) is 24.3 Å². The van der Waals surface area contributed by atoms with E-state index in [2.05, 4.69) is 15.4 Å². The highest BCUT2D eigenvalue weighted by molar-refractivity contribution is 6.47. The number of aromatic nitrogens is 2. The molecule has 1 aromatic carbocycles. The summed E-state index contributed by atoms with van der Waals surface area (Å²) in [6.07, 6.45) is 0. The van der Waals surface area contributed by atoms with Crippen LogP contribution in [0.3, 0.4) is 0 Å². The van der Waals surface area contributed by atoms with E-state index in [1.807, 2.05) is 0 Å². The molecule has 0 aliphatic carbocycles. The Morgan fingerprint density at radius 2 is 2.05 bits per heavy atom. The van der Waals surface area contributed by atoms with Crippen molar-refractivity contribution in [2.45, 2.75) is 18.2 Å². The lowest BCUT2D eigenvalue weighted by atomic mass is 10.2. The van der Waals surface area contributed by atoms with Gasteiger partial charge in [0.15, 0.2) is 10.2 Å². The van der Waals surface area contributed by atoms with Crippen LogP contribution in [0, 0.1) is 0 Å². The van der Waals surface area contributed by atoms with Crippen LogP contribution in [0.4, 0.5) is 0 Å². The van der Waals surface area contributed by atoms with E-state index in [9.17, 15) is 9.59 Å². The predicted molar refractivity (Wildman–Crippen MR) is 76.2 cm³/mol. The topological polar surface area (TPSA) is 73.2 Å². The van der Waals surface area contributed by atoms with Gasteiger partial charge in [0.2, 0.25) is 0 Å². The van der Waals surface area contributed by atoms with Crippen LogP contribution < -0.4 is 11.1 Å². The second-order valence-electron chi connectivity index (χ2n) is 4.17. The summed E-state index contributed by atoms with van der Waals surface area (Å²) in [5.41, 5.74) is 2.18. The van der Waals surface area contributed by atoms with Gasteiger partial charge in [0.05, 0.1) is 10.9 Å². The standard InChI is InChI=1S/C12H11Cl2N3O3/c1-7(18)20-16-17-10(19)8-5-3-4-6-9(8)15-11(17)12(2,13)14/h3-6,16H,1-2H3. The molecule has 0 radical (unpaired) electrons. The zero-order chi connectivity index (χ0) is 14.9. The van der Waals surface area contributed by atoms with Crippen LogP contribution >= 0.6 is 23.2 Å². The molecule has 0 saturated carbocycles. The molecule has 0 spiro atoms. The highest BCUT2D eigenvalue weighted by Gasteiger charge is 2.28. The molecule has 0 amide bonds. The first-order valence-electron chi connectivity index (χ1n) is 5.64. The highest BCUT2D eigenvalue weighted by atomic mass is 35.5. The number of rotatable bonds is 3. The zero-order valence-electron chi connectivity index (χ0n) is 10.7. The third-order valence-electron chi connectivity index (χ3n) is 2.45. The molecular formula is C12H11Cl2N3O3. The molecule has 1 N–H and O–H groups in total. The van der Waals surface area contributed by atoms with Gasteiger partial charge in [0, 0.05) is 6.92 Å². The van der Waals surface area contributed by atoms with E-state index in [4.69, 9.17) is 23.2 Å². The van der Waals surface area contributed by atoms with E-state index in [0.29, 0.717) is 10.9 Å². The Labute approximate surface area is 124 Å². The van der Waals surface area contributed by atoms with E-state index in [0.717, 1.165) is 4.68 Å². The lowest BCUT2D eigenvalue weighted by Crippen LogP contribution is -2.36. The maximum absolute atomic E-state index is 12.4. The molecule has 1 heterocycles. The van der Waals surface area contributed by atoms with E-state index in [-0.39, 0.29) is 5.82 Å². The van der Waals surface area contributed by atoms with Gasteiger partial charge in [0.25, 0.3) is 5.56 Å². The number of hydrogen-bond acceptors (Lipinski definition) is 5. The number of nitrogens with zero attached hydrogens (tertiary/aromatic N) is 2. The van der Waals surface area contributed by atoms with Gasteiger partial charge in [-0.15, -0.1) is 5.59 Å². The lowest BCUT2D eigenvalue weighted by molar-refractivity contribution is -0.139. The fourth-order valence-electron chi connectivity index (χ4n) is 1.62. The number of carbonyl (C=O) groups is 1. The number of fused-ring (bicyclic) bond motifs is 1. The van der Waals surface area contributed by atoms with Crippen molar-refractivity contribution in [2.75, 3.05) is 5.59 Å². The summed E-state index contributed by atoms with van der Waals surface area (Å²) in [5.74, 6) is -0.604. The molecule has 0 atom stereocenters. The second kappa shape index (κ2) is 5.30. The number of carbonyl (C=O) groups excluding carboxylic acids is 1. The molecular weight excluding hydrogens is 305 g/mol. The molecule has 0 aliphatic rings. The number of benzene rings is 1. The molecule has 106 valence electrons. The fourth-order valence-corrected chi connectivity index (χ4v) is 1.88. The number of alkyl halides is 2. The zero-order valence-corrected chi connectivity index (χ0v) is 12.2. The average Bonchev–Trinajstić information content (AvgIpc) is 2.36. The van der Waals surface area contributed by atoms with Crippen LogP contribution in [0.5, 0.6) is 0 Å². The van der Waals surface area contributed by atoms with Gasteiger partial charge in [-0.05, 0) is 19.1 Å². The molecule has 0 bridgehead atoms. The van der Waals surface area contributed by atoms with Crippen LogP contribution in [-0.2, 0) is 14.0 Å². The van der Waals surface area contributed by atoms with Gasteiger partial charge in [-0.2, -0.15) is 4.68 Å². The Balaban J connectivity index is 2.70. The van der Waals surface area contributed by atoms with Crippen LogP contribution in [0.1, 0.15) is 19.7 Å². The van der Waals surface area contributed by atoms with Crippen molar-refractivity contribution in [1.82, 2.24) is 9.66 Å². The molecule has 0 saturated heterocycles. The number of halogens is 2. The fraction of sp³-hybridized carbons (Fsp3) is 0.250. The molecule has 2 rings (SSSR count). The summed E-state index contributed by atoms with van der Waals surface area (Å²) in [5, 5.41) is 0.341. The first-order chi connectivity index (χ1) is 9.30. The third-order valence-corrected chi connectivity index (χ3v) is 2.79. The Bertz CT molecular complexity index is 722. The lowest BCUT2D eigenvalue weighted by Gasteiger charge is -2.19. The number of hydrogen-bond donors (Lipinski definition) is 1. The number of nitrogens with one attached hydrogen (secondary N) is 1. The summed E-state index contributed by atoms with van der Waals surface area (Å²) in [6.45, 7) is 2.64. The molecule has 0 aliphatic heterocycles. The summed E-state index contributed by atoms with van der Waals surface area (Å²) in [6, 6.07) is 6.69. The molecule has 8 heteroatoms.